The van der Waals surface area contributed by atoms with Gasteiger partial charge in [-0.1, -0.05) is 30.7 Å². The lowest BCUT2D eigenvalue weighted by molar-refractivity contribution is 0.557. The van der Waals surface area contributed by atoms with Gasteiger partial charge in [0, 0.05) is 38.1 Å². The van der Waals surface area contributed by atoms with Gasteiger partial charge in [0.05, 0.1) is 0 Å². The lowest BCUT2D eigenvalue weighted by atomic mass is 9.93. The predicted molar refractivity (Wildman–Crippen MR) is 99.4 cm³/mol. The van der Waals surface area contributed by atoms with Crippen LogP contribution in [0.1, 0.15) is 30.9 Å². The predicted octanol–water partition coefficient (Wildman–Crippen LogP) is 2.24. The van der Waals surface area contributed by atoms with Crippen molar-refractivity contribution in [2.45, 2.75) is 25.8 Å². The van der Waals surface area contributed by atoms with Gasteiger partial charge in [-0.15, -0.1) is 0 Å². The Morgan fingerprint density at radius 3 is 2.20 bits per heavy atom. The topological polar surface area (TPSA) is 71.0 Å². The molecule has 0 aliphatic carbocycles. The number of halogens is 1. The molecule has 7 heteroatoms. The first-order chi connectivity index (χ1) is 11.7. The molecule has 0 unspecified atom stereocenters. The Kier molecular flexibility index (Phi) is 5.39. The molecule has 0 N–H and O–H groups in total. The van der Waals surface area contributed by atoms with E-state index < -0.39 is 11.2 Å². The zero-order valence-corrected chi connectivity index (χ0v) is 15.7. The van der Waals surface area contributed by atoms with Crippen LogP contribution in [0.4, 0.5) is 5.82 Å². The second kappa shape index (κ2) is 7.16. The van der Waals surface area contributed by atoms with Gasteiger partial charge in [-0.2, -0.15) is 5.26 Å². The fourth-order valence-electron chi connectivity index (χ4n) is 2.92. The molecule has 0 radical (unpaired) electrons. The molecule has 0 fully saturated rings. The Morgan fingerprint density at radius 1 is 1.12 bits per heavy atom. The Hall–Kier alpha value is -2.52. The quantitative estimate of drug-likeness (QED) is 0.838. The van der Waals surface area contributed by atoms with Crippen molar-refractivity contribution in [3.8, 4) is 6.07 Å². The first-order valence-electron chi connectivity index (χ1n) is 7.89. The number of nitriles is 1. The van der Waals surface area contributed by atoms with Crippen molar-refractivity contribution in [3.05, 3.63) is 61.3 Å². The molecule has 0 saturated carbocycles. The van der Waals surface area contributed by atoms with Gasteiger partial charge in [-0.05, 0) is 24.6 Å². The molecule has 6 nitrogen and oxygen atoms in total. The minimum absolute atomic E-state index is 0.0396. The summed E-state index contributed by atoms with van der Waals surface area (Å²) < 4.78 is 2.29. The molecular formula is C18H21ClN4O2. The summed E-state index contributed by atoms with van der Waals surface area (Å²) in [5.41, 5.74) is -0.00524. The molecule has 0 spiro atoms. The van der Waals surface area contributed by atoms with E-state index in [1.165, 1.54) is 11.6 Å². The maximum Gasteiger partial charge on any atom is 0.332 e. The summed E-state index contributed by atoms with van der Waals surface area (Å²) in [6.07, 6.45) is 0. The van der Waals surface area contributed by atoms with Gasteiger partial charge in [0.15, 0.2) is 5.56 Å². The summed E-state index contributed by atoms with van der Waals surface area (Å²) in [6, 6.07) is 9.44. The van der Waals surface area contributed by atoms with Crippen molar-refractivity contribution in [3.63, 3.8) is 0 Å². The van der Waals surface area contributed by atoms with E-state index in [1.54, 1.807) is 19.0 Å². The van der Waals surface area contributed by atoms with Crippen molar-refractivity contribution >= 4 is 17.4 Å². The maximum absolute atomic E-state index is 12.3. The van der Waals surface area contributed by atoms with Crippen LogP contribution >= 0.6 is 11.6 Å². The summed E-state index contributed by atoms with van der Waals surface area (Å²) in [4.78, 5) is 26.3. The minimum Gasteiger partial charge on any atom is -0.356 e. The molecule has 1 heterocycles. The van der Waals surface area contributed by atoms with Crippen molar-refractivity contribution in [1.82, 2.24) is 9.13 Å². The molecule has 2 aromatic rings. The standard InChI is InChI=1S/C18H21ClN4O2/c1-11(13-6-8-14(19)9-7-13)12(2)21(3)16-15(10-20)17(24)23(5)18(25)22(16)4/h6-9,11-12H,1-5H3/t11-,12+/m1/s1. The van der Waals surface area contributed by atoms with E-state index in [2.05, 4.69) is 6.92 Å². The lowest BCUT2D eigenvalue weighted by Gasteiger charge is -2.33. The largest absolute Gasteiger partial charge is 0.356 e. The normalized spacial score (nSPS) is 13.2. The average Bonchev–Trinajstić information content (AvgIpc) is 2.61. The number of hydrogen-bond acceptors (Lipinski definition) is 4. The third-order valence-corrected chi connectivity index (χ3v) is 5.06. The number of benzene rings is 1. The molecule has 0 bridgehead atoms. The fraction of sp³-hybridized carbons (Fsp3) is 0.389. The second-order valence-corrected chi connectivity index (χ2v) is 6.64. The molecule has 0 aliphatic heterocycles. The van der Waals surface area contributed by atoms with E-state index >= 15 is 0 Å². The Morgan fingerprint density at radius 2 is 1.68 bits per heavy atom. The van der Waals surface area contributed by atoms with E-state index in [0.717, 1.165) is 10.1 Å². The number of nitrogens with zero attached hydrogens (tertiary/aromatic N) is 4. The van der Waals surface area contributed by atoms with Crippen LogP contribution in [0.15, 0.2) is 33.9 Å². The van der Waals surface area contributed by atoms with Crippen LogP contribution < -0.4 is 16.1 Å². The third-order valence-electron chi connectivity index (χ3n) is 4.81. The molecule has 0 amide bonds. The molecular weight excluding hydrogens is 340 g/mol. The van der Waals surface area contributed by atoms with Crippen LogP contribution in [0.3, 0.4) is 0 Å². The molecule has 2 atom stereocenters. The SMILES string of the molecule is C[C@@H](c1ccc(Cl)cc1)[C@H](C)N(C)c1c(C#N)c(=O)n(C)c(=O)n1C. The summed E-state index contributed by atoms with van der Waals surface area (Å²) in [5, 5.41) is 10.1. The monoisotopic (exact) mass is 360 g/mol. The highest BCUT2D eigenvalue weighted by Gasteiger charge is 2.25. The lowest BCUT2D eigenvalue weighted by Crippen LogP contribution is -2.44. The van der Waals surface area contributed by atoms with E-state index in [0.29, 0.717) is 10.8 Å². The zero-order valence-electron chi connectivity index (χ0n) is 14.9. The van der Waals surface area contributed by atoms with Crippen LogP contribution in [0.25, 0.3) is 0 Å². The number of aromatic nitrogens is 2. The molecule has 1 aromatic carbocycles. The number of likely N-dealkylation sites (N-methyl/N-ethyl adjacent to an activating group) is 1. The van der Waals surface area contributed by atoms with Crippen molar-refractivity contribution in [2.24, 2.45) is 14.1 Å². The maximum atomic E-state index is 12.3. The summed E-state index contributed by atoms with van der Waals surface area (Å²) >= 11 is 5.94. The van der Waals surface area contributed by atoms with Gasteiger partial charge in [-0.3, -0.25) is 13.9 Å². The zero-order chi connectivity index (χ0) is 18.9. The van der Waals surface area contributed by atoms with Crippen molar-refractivity contribution in [2.75, 3.05) is 11.9 Å². The van der Waals surface area contributed by atoms with Gasteiger partial charge in [0.1, 0.15) is 11.9 Å². The molecule has 2 rings (SSSR count). The molecule has 0 saturated heterocycles. The highest BCUT2D eigenvalue weighted by molar-refractivity contribution is 6.30. The van der Waals surface area contributed by atoms with Crippen molar-refractivity contribution in [1.29, 1.82) is 5.26 Å². The van der Waals surface area contributed by atoms with Crippen LogP contribution in [-0.4, -0.2) is 22.2 Å². The summed E-state index contributed by atoms with van der Waals surface area (Å²) in [5.74, 6) is 0.414. The van der Waals surface area contributed by atoms with Crippen LogP contribution in [0, 0.1) is 11.3 Å². The second-order valence-electron chi connectivity index (χ2n) is 6.21. The van der Waals surface area contributed by atoms with Crippen LogP contribution in [0.5, 0.6) is 0 Å². The fourth-order valence-corrected chi connectivity index (χ4v) is 3.04. The smallest absolute Gasteiger partial charge is 0.332 e. The van der Waals surface area contributed by atoms with Crippen molar-refractivity contribution < 1.29 is 0 Å². The number of rotatable bonds is 4. The summed E-state index contributed by atoms with van der Waals surface area (Å²) in [6.45, 7) is 4.04. The van der Waals surface area contributed by atoms with Gasteiger partial charge in [-0.25, -0.2) is 4.79 Å². The Labute approximate surface area is 151 Å². The van der Waals surface area contributed by atoms with Gasteiger partial charge < -0.3 is 4.90 Å². The number of hydrogen-bond donors (Lipinski definition) is 0. The van der Waals surface area contributed by atoms with E-state index in [1.807, 2.05) is 37.3 Å². The first-order valence-corrected chi connectivity index (χ1v) is 8.26. The van der Waals surface area contributed by atoms with Gasteiger partial charge >= 0.3 is 5.69 Å². The number of anilines is 1. The van der Waals surface area contributed by atoms with Crippen LogP contribution in [-0.2, 0) is 14.1 Å². The van der Waals surface area contributed by atoms with Gasteiger partial charge in [0.25, 0.3) is 5.56 Å². The van der Waals surface area contributed by atoms with Crippen LogP contribution in [0.2, 0.25) is 5.02 Å². The highest BCUT2D eigenvalue weighted by atomic mass is 35.5. The van der Waals surface area contributed by atoms with E-state index in [4.69, 9.17) is 11.6 Å². The highest BCUT2D eigenvalue weighted by Crippen LogP contribution is 2.27. The molecule has 0 aliphatic rings. The minimum atomic E-state index is -0.584. The third kappa shape index (κ3) is 3.33. The Balaban J connectivity index is 2.52. The summed E-state index contributed by atoms with van der Waals surface area (Å²) in [7, 11) is 4.72. The average molecular weight is 361 g/mol. The Bertz CT molecular complexity index is 938. The first kappa shape index (κ1) is 18.8. The van der Waals surface area contributed by atoms with E-state index in [9.17, 15) is 14.9 Å². The molecule has 1 aromatic heterocycles. The van der Waals surface area contributed by atoms with Gasteiger partial charge in [0.2, 0.25) is 0 Å². The molecule has 132 valence electrons. The van der Waals surface area contributed by atoms with E-state index in [-0.39, 0.29) is 17.5 Å². The molecule has 25 heavy (non-hydrogen) atoms.